The van der Waals surface area contributed by atoms with Crippen molar-refractivity contribution in [2.24, 2.45) is 0 Å². The molecule has 0 saturated heterocycles. The van der Waals surface area contributed by atoms with Crippen LogP contribution in [0.4, 0.5) is 4.79 Å². The van der Waals surface area contributed by atoms with Gasteiger partial charge in [-0.05, 0) is 6.16 Å². The Morgan fingerprint density at radius 1 is 1.14 bits per heavy atom. The van der Waals surface area contributed by atoms with Crippen LogP contribution in [0.15, 0.2) is 0 Å². The molecule has 6 heteroatoms. The number of rotatable bonds is 0. The molecule has 0 unspecified atom stereocenters. The van der Waals surface area contributed by atoms with Crippen molar-refractivity contribution in [2.45, 2.75) is 0 Å². The second-order valence-electron chi connectivity index (χ2n) is 0.250. The van der Waals surface area contributed by atoms with Gasteiger partial charge in [-0.1, -0.05) is 0 Å². The van der Waals surface area contributed by atoms with E-state index in [1.54, 1.807) is 0 Å². The van der Waals surface area contributed by atoms with E-state index in [4.69, 9.17) is 15.0 Å². The van der Waals surface area contributed by atoms with Crippen LogP contribution in [-0.2, 0) is 0 Å². The van der Waals surface area contributed by atoms with E-state index < -0.39 is 6.16 Å². The normalized spacial score (nSPS) is 3.43. The van der Waals surface area contributed by atoms with Crippen LogP contribution < -0.4 is 66.8 Å². The van der Waals surface area contributed by atoms with Crippen LogP contribution in [0, 0.1) is 0 Å². The topological polar surface area (TPSA) is 63.2 Å². The summed E-state index contributed by atoms with van der Waals surface area (Å²) in [6, 6.07) is 0. The van der Waals surface area contributed by atoms with Gasteiger partial charge in [-0.25, -0.2) is 0 Å². The summed E-state index contributed by atoms with van der Waals surface area (Å²) in [5.41, 5.74) is 0. The van der Waals surface area contributed by atoms with Crippen molar-refractivity contribution in [2.75, 3.05) is 0 Å². The van der Waals surface area contributed by atoms with Crippen molar-refractivity contribution >= 4 is 6.16 Å². The van der Waals surface area contributed by atoms with Crippen molar-refractivity contribution in [3.05, 3.63) is 0 Å². The van der Waals surface area contributed by atoms with E-state index in [0.717, 1.165) is 0 Å². The predicted octanol–water partition coefficient (Wildman–Crippen LogP) is -11.3. The van der Waals surface area contributed by atoms with Crippen LogP contribution >= 0.6 is 0 Å². The van der Waals surface area contributed by atoms with Crippen LogP contribution in [0.5, 0.6) is 0 Å². The second-order valence-corrected chi connectivity index (χ2v) is 0.250. The molecule has 0 rings (SSSR count). The maximum absolute atomic E-state index is 8.33. The maximum Gasteiger partial charge on any atom is 1.00 e. The first kappa shape index (κ1) is 24.4. The molecule has 0 aliphatic heterocycles. The average Bonchev–Trinajstić information content (AvgIpc) is 0.811. The summed E-state index contributed by atoms with van der Waals surface area (Å²) in [5.74, 6) is 0. The van der Waals surface area contributed by atoms with E-state index in [1.165, 1.54) is 0 Å². The fraction of sp³-hybridized carbons (Fsp3) is 0. The van der Waals surface area contributed by atoms with Crippen molar-refractivity contribution in [1.29, 1.82) is 0 Å². The summed E-state index contributed by atoms with van der Waals surface area (Å²) in [6.07, 6.45) is -2.33. The van der Waals surface area contributed by atoms with E-state index in [2.05, 4.69) is 0 Å². The molecule has 0 heterocycles. The van der Waals surface area contributed by atoms with Gasteiger partial charge in [-0.3, -0.25) is 0 Å². The molecule has 0 radical (unpaired) electrons. The Morgan fingerprint density at radius 2 is 1.14 bits per heavy atom. The summed E-state index contributed by atoms with van der Waals surface area (Å²) in [4.78, 5) is 8.33. The minimum Gasteiger partial charge on any atom is -1.00 e. The molecule has 0 aromatic rings. The molecule has 0 aliphatic rings. The molecular weight excluding hydrogens is 80.8 g/mol. The molecule has 0 aromatic carbocycles. The van der Waals surface area contributed by atoms with Gasteiger partial charge in [0.25, 0.3) is 0 Å². The first-order valence-corrected chi connectivity index (χ1v) is 0.612. The van der Waals surface area contributed by atoms with Gasteiger partial charge in [-0.15, -0.1) is 0 Å². The molecule has 0 aliphatic carbocycles. The number of carboxylic acid groups (broad SMARTS) is 2. The predicted molar refractivity (Wildman–Crippen MR) is 6.51 cm³/mol. The first-order chi connectivity index (χ1) is 1.73. The van der Waals surface area contributed by atoms with Gasteiger partial charge in [0.1, 0.15) is 0 Å². The zero-order valence-corrected chi connectivity index (χ0v) is 4.72. The molecule has 26 valence electrons. The van der Waals surface area contributed by atoms with Crippen molar-refractivity contribution in [1.82, 2.24) is 0 Å². The van der Waals surface area contributed by atoms with Crippen LogP contribution in [0.3, 0.4) is 0 Å². The fourth-order valence-corrected chi connectivity index (χ4v) is 0. The van der Waals surface area contributed by atoms with Crippen LogP contribution in [0.25, 0.3) is 0 Å². The summed E-state index contributed by atoms with van der Waals surface area (Å²) in [6.45, 7) is 0. The average molecular weight is 81.8 g/mol. The monoisotopic (exact) mass is 82.0 g/mol. The molecule has 0 aromatic heterocycles. The SMILES string of the molecule is O=C([O-])[O-].[H-].[Li+].[Li+].[Li+]. The van der Waals surface area contributed by atoms with Crippen LogP contribution in [0.2, 0.25) is 0 Å². The maximum atomic E-state index is 8.33. The van der Waals surface area contributed by atoms with Gasteiger partial charge in [0.05, 0.1) is 0 Å². The smallest absolute Gasteiger partial charge is 1.00 e. The third-order valence-electron chi connectivity index (χ3n) is 0. The summed E-state index contributed by atoms with van der Waals surface area (Å²) >= 11 is 0. The Bertz CT molecular complexity index is 37.5. The largest absolute Gasteiger partial charge is 1.00 e. The molecule has 0 fully saturated rings. The molecule has 0 N–H and O–H groups in total. The van der Waals surface area contributed by atoms with Gasteiger partial charge in [0.15, 0.2) is 0 Å². The third kappa shape index (κ3) is 160. The molecule has 0 amide bonds. The van der Waals surface area contributed by atoms with Gasteiger partial charge in [0.2, 0.25) is 0 Å². The van der Waals surface area contributed by atoms with Crippen molar-refractivity contribution in [3.8, 4) is 0 Å². The molecule has 7 heavy (non-hydrogen) atoms. The van der Waals surface area contributed by atoms with E-state index in [-0.39, 0.29) is 58.0 Å². The second kappa shape index (κ2) is 15.7. The Kier molecular flexibility index (Phi) is 54.8. The molecule has 0 bridgehead atoms. The van der Waals surface area contributed by atoms with Crippen molar-refractivity contribution < 1.29 is 73.0 Å². The first-order valence-electron chi connectivity index (χ1n) is 0.612. The minimum atomic E-state index is -2.33. The Balaban J connectivity index is -0.00000000750. The quantitative estimate of drug-likeness (QED) is 0.272. The van der Waals surface area contributed by atoms with Gasteiger partial charge in [0, 0.05) is 0 Å². The van der Waals surface area contributed by atoms with Crippen LogP contribution in [-0.4, -0.2) is 6.16 Å². The van der Waals surface area contributed by atoms with E-state index in [1.807, 2.05) is 0 Å². The summed E-state index contributed by atoms with van der Waals surface area (Å²) < 4.78 is 0. The van der Waals surface area contributed by atoms with Crippen LogP contribution in [0.1, 0.15) is 1.43 Å². The zero-order valence-electron chi connectivity index (χ0n) is 5.72. The van der Waals surface area contributed by atoms with E-state index >= 15 is 0 Å². The van der Waals surface area contributed by atoms with E-state index in [0.29, 0.717) is 0 Å². The zero-order chi connectivity index (χ0) is 3.58. The Morgan fingerprint density at radius 3 is 1.14 bits per heavy atom. The summed E-state index contributed by atoms with van der Waals surface area (Å²) in [7, 11) is 0. The minimum absolute atomic E-state index is 0. The number of carbonyl (C=O) groups is 1. The standard InChI is InChI=1S/CH2O3.3Li.H/c2-1(3)4;;;;/h(H2,2,3,4);;;;/q;3*+1;-1/p-2. The Hall–Kier alpha value is 1.06. The molecule has 3 nitrogen and oxygen atoms in total. The molecular formula is CHLi3O3. The number of carbonyl (C=O) groups excluding carboxylic acids is 1. The number of hydrogen-bond acceptors (Lipinski definition) is 3. The Labute approximate surface area is 78.9 Å². The van der Waals surface area contributed by atoms with E-state index in [9.17, 15) is 0 Å². The van der Waals surface area contributed by atoms with Crippen molar-refractivity contribution in [3.63, 3.8) is 0 Å². The van der Waals surface area contributed by atoms with Gasteiger partial charge >= 0.3 is 56.6 Å². The number of hydrogen-bond donors (Lipinski definition) is 0. The van der Waals surface area contributed by atoms with Gasteiger partial charge in [-0.2, -0.15) is 0 Å². The van der Waals surface area contributed by atoms with Gasteiger partial charge < -0.3 is 16.4 Å². The molecule has 0 spiro atoms. The third-order valence-corrected chi connectivity index (χ3v) is 0. The summed E-state index contributed by atoms with van der Waals surface area (Å²) in [5, 5.41) is 16.7. The molecule has 0 atom stereocenters. The fourth-order valence-electron chi connectivity index (χ4n) is 0. The molecule has 0 saturated carbocycles.